The number of carboxylic acid groups (broad SMARTS) is 1. The van der Waals surface area contributed by atoms with Crippen LogP contribution in [0.15, 0.2) is 30.3 Å². The van der Waals surface area contributed by atoms with Gasteiger partial charge in [-0.25, -0.2) is 4.79 Å². The van der Waals surface area contributed by atoms with E-state index in [4.69, 9.17) is 5.11 Å². The molecule has 1 aromatic carbocycles. The van der Waals surface area contributed by atoms with Crippen molar-refractivity contribution in [2.24, 2.45) is 0 Å². The van der Waals surface area contributed by atoms with E-state index >= 15 is 0 Å². The molecule has 0 aromatic heterocycles. The van der Waals surface area contributed by atoms with E-state index in [0.29, 0.717) is 0 Å². The Hall–Kier alpha value is -2.34. The molecule has 0 saturated heterocycles. The predicted molar refractivity (Wildman–Crippen MR) is 60.7 cm³/mol. The molecule has 0 atom stereocenters. The first-order chi connectivity index (χ1) is 7.72. The normalized spacial score (nSPS) is 9.50. The monoisotopic (exact) mass is 214 g/mol. The van der Waals surface area contributed by atoms with Crippen molar-refractivity contribution in [1.29, 1.82) is 0 Å². The van der Waals surface area contributed by atoms with E-state index in [0.717, 1.165) is 23.5 Å². The molecular weight excluding hydrogens is 204 g/mol. The van der Waals surface area contributed by atoms with E-state index < -0.39 is 5.97 Å². The highest BCUT2D eigenvalue weighted by Gasteiger charge is 1.90. The van der Waals surface area contributed by atoms with Crippen LogP contribution in [0, 0.1) is 11.8 Å². The van der Waals surface area contributed by atoms with Gasteiger partial charge in [0, 0.05) is 11.6 Å². The summed E-state index contributed by atoms with van der Waals surface area (Å²) in [6.07, 6.45) is 3.55. The van der Waals surface area contributed by atoms with E-state index in [1.807, 2.05) is 0 Å². The molecule has 0 spiro atoms. The summed E-state index contributed by atoms with van der Waals surface area (Å²) in [6, 6.07) is 7.09. The zero-order valence-corrected chi connectivity index (χ0v) is 8.51. The lowest BCUT2D eigenvalue weighted by Crippen LogP contribution is -1.85. The number of aliphatic carboxylic acids is 1. The van der Waals surface area contributed by atoms with Gasteiger partial charge in [-0.05, 0) is 23.8 Å². The SMILES string of the molecule is O=CCC#Cc1ccc(/C=C/C(=O)O)cc1. The number of benzene rings is 1. The number of carbonyl (C=O) groups excluding carboxylic acids is 1. The number of rotatable bonds is 3. The Bertz CT molecular complexity index is 458. The largest absolute Gasteiger partial charge is 0.478 e. The Kier molecular flexibility index (Phi) is 4.55. The Morgan fingerprint density at radius 1 is 1.31 bits per heavy atom. The predicted octanol–water partition coefficient (Wildman–Crippen LogP) is 1.72. The average molecular weight is 214 g/mol. The summed E-state index contributed by atoms with van der Waals surface area (Å²) in [4.78, 5) is 20.3. The summed E-state index contributed by atoms with van der Waals surface area (Å²) in [6.45, 7) is 0. The summed E-state index contributed by atoms with van der Waals surface area (Å²) in [5.41, 5.74) is 1.60. The Morgan fingerprint density at radius 3 is 2.56 bits per heavy atom. The standard InChI is InChI=1S/C13H10O3/c14-10-2-1-3-11-4-6-12(7-5-11)8-9-13(15)16/h4-10H,2H2,(H,15,16)/b9-8+. The second-order valence-corrected chi connectivity index (χ2v) is 2.97. The van der Waals surface area contributed by atoms with E-state index in [1.54, 1.807) is 24.3 Å². The molecule has 0 aliphatic heterocycles. The summed E-state index contributed by atoms with van der Waals surface area (Å²) < 4.78 is 0. The molecule has 0 radical (unpaired) electrons. The first kappa shape index (κ1) is 11.7. The summed E-state index contributed by atoms with van der Waals surface area (Å²) >= 11 is 0. The quantitative estimate of drug-likeness (QED) is 0.473. The number of hydrogen-bond donors (Lipinski definition) is 1. The first-order valence-electron chi connectivity index (χ1n) is 4.66. The van der Waals surface area contributed by atoms with E-state index in [1.165, 1.54) is 6.08 Å². The molecule has 1 N–H and O–H groups in total. The summed E-state index contributed by atoms with van der Waals surface area (Å²) in [7, 11) is 0. The molecular formula is C13H10O3. The maximum absolute atomic E-state index is 10.3. The summed E-state index contributed by atoms with van der Waals surface area (Å²) in [5.74, 6) is 4.53. The van der Waals surface area contributed by atoms with Crippen LogP contribution in [0.1, 0.15) is 17.5 Å². The third kappa shape index (κ3) is 4.25. The van der Waals surface area contributed by atoms with Crippen LogP contribution < -0.4 is 0 Å². The average Bonchev–Trinajstić information content (AvgIpc) is 2.28. The third-order valence-electron chi connectivity index (χ3n) is 1.75. The van der Waals surface area contributed by atoms with E-state index in [9.17, 15) is 9.59 Å². The van der Waals surface area contributed by atoms with Crippen LogP contribution >= 0.6 is 0 Å². The van der Waals surface area contributed by atoms with Crippen molar-refractivity contribution in [3.8, 4) is 11.8 Å². The molecule has 1 rings (SSSR count). The molecule has 0 amide bonds. The molecule has 0 bridgehead atoms. The second-order valence-electron chi connectivity index (χ2n) is 2.97. The van der Waals surface area contributed by atoms with Crippen LogP contribution in [0.3, 0.4) is 0 Å². The van der Waals surface area contributed by atoms with E-state index in [2.05, 4.69) is 11.8 Å². The van der Waals surface area contributed by atoms with Gasteiger partial charge in [-0.3, -0.25) is 0 Å². The van der Waals surface area contributed by atoms with Crippen LogP contribution in [-0.2, 0) is 9.59 Å². The van der Waals surface area contributed by atoms with Crippen LogP contribution in [0.2, 0.25) is 0 Å². The van der Waals surface area contributed by atoms with Crippen molar-refractivity contribution in [2.75, 3.05) is 0 Å². The number of carbonyl (C=O) groups is 2. The van der Waals surface area contributed by atoms with Crippen molar-refractivity contribution in [2.45, 2.75) is 6.42 Å². The van der Waals surface area contributed by atoms with E-state index in [-0.39, 0.29) is 6.42 Å². The number of carboxylic acids is 1. The molecule has 0 saturated carbocycles. The van der Waals surface area contributed by atoms with Crippen molar-refractivity contribution in [3.05, 3.63) is 41.5 Å². The van der Waals surface area contributed by atoms with Gasteiger partial charge in [0.25, 0.3) is 0 Å². The zero-order valence-electron chi connectivity index (χ0n) is 8.51. The molecule has 16 heavy (non-hydrogen) atoms. The molecule has 1 aromatic rings. The lowest BCUT2D eigenvalue weighted by Gasteiger charge is -1.93. The molecule has 3 nitrogen and oxygen atoms in total. The second kappa shape index (κ2) is 6.20. The Morgan fingerprint density at radius 2 is 2.00 bits per heavy atom. The van der Waals surface area contributed by atoms with Gasteiger partial charge in [0.1, 0.15) is 6.29 Å². The van der Waals surface area contributed by atoms with Gasteiger partial charge < -0.3 is 9.90 Å². The maximum Gasteiger partial charge on any atom is 0.328 e. The van der Waals surface area contributed by atoms with Crippen molar-refractivity contribution < 1.29 is 14.7 Å². The molecule has 0 fully saturated rings. The molecule has 0 aliphatic rings. The van der Waals surface area contributed by atoms with Gasteiger partial charge in [0.15, 0.2) is 0 Å². The molecule has 0 unspecified atom stereocenters. The van der Waals surface area contributed by atoms with Gasteiger partial charge in [0.2, 0.25) is 0 Å². The van der Waals surface area contributed by atoms with Gasteiger partial charge in [-0.1, -0.05) is 24.0 Å². The zero-order chi connectivity index (χ0) is 11.8. The molecule has 0 heterocycles. The lowest BCUT2D eigenvalue weighted by atomic mass is 10.1. The highest BCUT2D eigenvalue weighted by Crippen LogP contribution is 2.05. The van der Waals surface area contributed by atoms with Gasteiger partial charge in [0.05, 0.1) is 6.42 Å². The van der Waals surface area contributed by atoms with Crippen LogP contribution in [0.4, 0.5) is 0 Å². The molecule has 3 heteroatoms. The first-order valence-corrected chi connectivity index (χ1v) is 4.66. The molecule has 80 valence electrons. The minimum atomic E-state index is -0.977. The van der Waals surface area contributed by atoms with Crippen molar-refractivity contribution >= 4 is 18.3 Å². The van der Waals surface area contributed by atoms with Gasteiger partial charge in [-0.15, -0.1) is 0 Å². The number of hydrogen-bond acceptors (Lipinski definition) is 2. The minimum absolute atomic E-state index is 0.223. The lowest BCUT2D eigenvalue weighted by molar-refractivity contribution is -0.131. The minimum Gasteiger partial charge on any atom is -0.478 e. The van der Waals surface area contributed by atoms with Crippen molar-refractivity contribution in [1.82, 2.24) is 0 Å². The molecule has 0 aliphatic carbocycles. The fourth-order valence-corrected chi connectivity index (χ4v) is 1.04. The fourth-order valence-electron chi connectivity index (χ4n) is 1.04. The highest BCUT2D eigenvalue weighted by molar-refractivity contribution is 5.85. The third-order valence-corrected chi connectivity index (χ3v) is 1.75. The van der Waals surface area contributed by atoms with Crippen LogP contribution in [0.25, 0.3) is 6.08 Å². The Balaban J connectivity index is 2.72. The maximum atomic E-state index is 10.3. The smallest absolute Gasteiger partial charge is 0.328 e. The van der Waals surface area contributed by atoms with Crippen LogP contribution in [0.5, 0.6) is 0 Å². The topological polar surface area (TPSA) is 54.4 Å². The van der Waals surface area contributed by atoms with Gasteiger partial charge >= 0.3 is 5.97 Å². The summed E-state index contributed by atoms with van der Waals surface area (Å²) in [5, 5.41) is 8.43. The fraction of sp³-hybridized carbons (Fsp3) is 0.0769. The van der Waals surface area contributed by atoms with Gasteiger partial charge in [-0.2, -0.15) is 0 Å². The highest BCUT2D eigenvalue weighted by atomic mass is 16.4. The number of aldehydes is 1. The van der Waals surface area contributed by atoms with Crippen LogP contribution in [-0.4, -0.2) is 17.4 Å². The van der Waals surface area contributed by atoms with Crippen molar-refractivity contribution in [3.63, 3.8) is 0 Å². The Labute approximate surface area is 93.4 Å².